The van der Waals surface area contributed by atoms with Crippen LogP contribution in [-0.4, -0.2) is 132 Å². The van der Waals surface area contributed by atoms with Crippen LogP contribution in [0.15, 0.2) is 25.3 Å². The number of rotatable bonds is 18. The molecular formula is C32H48N10O8. The minimum atomic E-state index is -1.28. The van der Waals surface area contributed by atoms with Gasteiger partial charge in [0.1, 0.15) is 49.3 Å². The van der Waals surface area contributed by atoms with Gasteiger partial charge < -0.3 is 50.7 Å². The summed E-state index contributed by atoms with van der Waals surface area (Å²) < 4.78 is 14.4. The molecule has 2 aliphatic rings. The van der Waals surface area contributed by atoms with Gasteiger partial charge in [0.05, 0.1) is 25.9 Å². The van der Waals surface area contributed by atoms with Crippen LogP contribution in [0.25, 0.3) is 22.3 Å². The van der Waals surface area contributed by atoms with Gasteiger partial charge in [-0.2, -0.15) is 0 Å². The topological polar surface area (TPSA) is 251 Å². The lowest BCUT2D eigenvalue weighted by atomic mass is 10.0. The van der Waals surface area contributed by atoms with Gasteiger partial charge in [-0.15, -0.1) is 0 Å². The Kier molecular flexibility index (Phi) is 12.0. The number of anilines is 2. The summed E-state index contributed by atoms with van der Waals surface area (Å²) in [6, 6.07) is -0.139. The van der Waals surface area contributed by atoms with Crippen molar-refractivity contribution < 1.29 is 40.1 Å². The minimum absolute atomic E-state index is 0.139. The van der Waals surface area contributed by atoms with Crippen molar-refractivity contribution in [3.8, 4) is 0 Å². The number of hydrogen-bond donors (Lipinski definition) is 8. The molecule has 0 aliphatic carbocycles. The van der Waals surface area contributed by atoms with Gasteiger partial charge in [0.2, 0.25) is 0 Å². The zero-order chi connectivity index (χ0) is 35.2. The fourth-order valence-electron chi connectivity index (χ4n) is 6.69. The zero-order valence-electron chi connectivity index (χ0n) is 28.1. The first-order valence-electron chi connectivity index (χ1n) is 17.5. The second-order valence-corrected chi connectivity index (χ2v) is 13.0. The van der Waals surface area contributed by atoms with Gasteiger partial charge >= 0.3 is 0 Å². The number of fused-ring (bicyclic) bond motifs is 2. The van der Waals surface area contributed by atoms with Crippen LogP contribution in [0, 0.1) is 0 Å². The lowest BCUT2D eigenvalue weighted by Gasteiger charge is -2.21. The Bertz CT molecular complexity index is 1670. The molecule has 4 aromatic rings. The molecule has 6 rings (SSSR count). The Morgan fingerprint density at radius 1 is 0.660 bits per heavy atom. The minimum Gasteiger partial charge on any atom is -0.394 e. The van der Waals surface area contributed by atoms with E-state index < -0.39 is 62.3 Å². The second kappa shape index (κ2) is 16.6. The molecule has 1 unspecified atom stereocenters. The first-order valence-corrected chi connectivity index (χ1v) is 17.5. The third-order valence-corrected chi connectivity index (χ3v) is 9.56. The van der Waals surface area contributed by atoms with Crippen molar-refractivity contribution in [3.05, 3.63) is 25.3 Å². The molecule has 8 N–H and O–H groups in total. The van der Waals surface area contributed by atoms with E-state index in [4.69, 9.17) is 9.47 Å². The Morgan fingerprint density at radius 2 is 1.16 bits per heavy atom. The molecule has 9 atom stereocenters. The molecule has 6 heterocycles. The Morgan fingerprint density at radius 3 is 1.68 bits per heavy atom. The van der Waals surface area contributed by atoms with Crippen molar-refractivity contribution >= 4 is 34.0 Å². The predicted octanol–water partition coefficient (Wildman–Crippen LogP) is 0.612. The summed E-state index contributed by atoms with van der Waals surface area (Å²) in [5.41, 5.74) is 1.67. The highest BCUT2D eigenvalue weighted by Gasteiger charge is 2.45. The molecule has 18 nitrogen and oxygen atoms in total. The van der Waals surface area contributed by atoms with Crippen molar-refractivity contribution in [2.45, 2.75) is 120 Å². The summed E-state index contributed by atoms with van der Waals surface area (Å²) in [5, 5.41) is 67.7. The Hall–Kier alpha value is -3.62. The highest BCUT2D eigenvalue weighted by molar-refractivity contribution is 5.84. The molecule has 0 aromatic carbocycles. The van der Waals surface area contributed by atoms with Gasteiger partial charge in [-0.05, 0) is 6.42 Å². The molecule has 0 spiro atoms. The fourth-order valence-corrected chi connectivity index (χ4v) is 6.69. The number of nitrogens with one attached hydrogen (secondary N) is 2. The van der Waals surface area contributed by atoms with E-state index in [1.54, 1.807) is 0 Å². The zero-order valence-corrected chi connectivity index (χ0v) is 28.1. The standard InChI is InChI=1S/C32H48N10O8/c1-2-3-4-5-6-7-8-9-10-18(40-28-22-30(37-15-35-28)42(17-39-22)32-26(48)24(46)20(13-44)50-32)11-33-27-21-29(36-14-34-27)41(16-38-21)31-25(47)23(45)19(12-43)49-31/h14-20,23-26,31-32,43-48H,2-13H2,1H3,(H,33,34,36)(H,35,37,40)/t18?,19-,20-,23-,24-,25-,26-,31-,32-/m1/s1. The van der Waals surface area contributed by atoms with E-state index >= 15 is 0 Å². The van der Waals surface area contributed by atoms with E-state index in [1.165, 1.54) is 66.5 Å². The van der Waals surface area contributed by atoms with Crippen molar-refractivity contribution in [1.82, 2.24) is 39.0 Å². The number of imidazole rings is 2. The van der Waals surface area contributed by atoms with Crippen LogP contribution in [0.4, 0.5) is 11.6 Å². The van der Waals surface area contributed by atoms with Crippen LogP contribution in [0.3, 0.4) is 0 Å². The van der Waals surface area contributed by atoms with Crippen LogP contribution < -0.4 is 10.6 Å². The number of hydrogen-bond acceptors (Lipinski definition) is 16. The maximum Gasteiger partial charge on any atom is 0.167 e. The maximum atomic E-state index is 10.6. The highest BCUT2D eigenvalue weighted by Crippen LogP contribution is 2.34. The number of aromatic nitrogens is 8. The molecule has 2 saturated heterocycles. The number of unbranched alkanes of at least 4 members (excludes halogenated alkanes) is 7. The molecule has 274 valence electrons. The summed E-state index contributed by atoms with van der Waals surface area (Å²) >= 11 is 0. The van der Waals surface area contributed by atoms with Crippen molar-refractivity contribution in [1.29, 1.82) is 0 Å². The van der Waals surface area contributed by atoms with Gasteiger partial charge in [0.15, 0.2) is 46.4 Å². The molecular weight excluding hydrogens is 652 g/mol. The van der Waals surface area contributed by atoms with Crippen LogP contribution in [-0.2, 0) is 9.47 Å². The lowest BCUT2D eigenvalue weighted by Crippen LogP contribution is -2.33. The van der Waals surface area contributed by atoms with Crippen molar-refractivity contribution in [2.24, 2.45) is 0 Å². The normalized spacial score (nSPS) is 27.4. The van der Waals surface area contributed by atoms with E-state index in [-0.39, 0.29) is 6.04 Å². The molecule has 0 saturated carbocycles. The third kappa shape index (κ3) is 7.52. The van der Waals surface area contributed by atoms with Crippen molar-refractivity contribution in [3.63, 3.8) is 0 Å². The fraction of sp³-hybridized carbons (Fsp3) is 0.688. The number of nitrogens with zero attached hydrogens (tertiary/aromatic N) is 8. The van der Waals surface area contributed by atoms with E-state index in [0.717, 1.165) is 25.7 Å². The quantitative estimate of drug-likeness (QED) is 0.0662. The predicted molar refractivity (Wildman–Crippen MR) is 180 cm³/mol. The number of ether oxygens (including phenoxy) is 2. The largest absolute Gasteiger partial charge is 0.394 e. The molecule has 18 heteroatoms. The van der Waals surface area contributed by atoms with Crippen LogP contribution >= 0.6 is 0 Å². The summed E-state index contributed by atoms with van der Waals surface area (Å²) in [6.45, 7) is 1.74. The van der Waals surface area contributed by atoms with Crippen LogP contribution in [0.1, 0.15) is 77.2 Å². The monoisotopic (exact) mass is 700 g/mol. The Balaban J connectivity index is 1.18. The lowest BCUT2D eigenvalue weighted by molar-refractivity contribution is -0.0511. The van der Waals surface area contributed by atoms with Crippen LogP contribution in [0.2, 0.25) is 0 Å². The van der Waals surface area contributed by atoms with Gasteiger partial charge in [-0.25, -0.2) is 29.9 Å². The smallest absolute Gasteiger partial charge is 0.167 e. The molecule has 0 amide bonds. The molecule has 2 aliphatic heterocycles. The third-order valence-electron chi connectivity index (χ3n) is 9.56. The van der Waals surface area contributed by atoms with E-state index in [2.05, 4.69) is 47.5 Å². The van der Waals surface area contributed by atoms with Gasteiger partial charge in [-0.1, -0.05) is 58.3 Å². The second-order valence-electron chi connectivity index (χ2n) is 13.0. The van der Waals surface area contributed by atoms with E-state index in [9.17, 15) is 30.6 Å². The molecule has 2 fully saturated rings. The average molecular weight is 701 g/mol. The first-order chi connectivity index (χ1) is 24.4. The average Bonchev–Trinajstić information content (AvgIpc) is 3.89. The number of aliphatic hydroxyl groups is 6. The maximum absolute atomic E-state index is 10.6. The van der Waals surface area contributed by atoms with Gasteiger partial charge in [-0.3, -0.25) is 9.13 Å². The Labute approximate surface area is 288 Å². The summed E-state index contributed by atoms with van der Waals surface area (Å²) in [7, 11) is 0. The van der Waals surface area contributed by atoms with E-state index in [0.29, 0.717) is 40.5 Å². The van der Waals surface area contributed by atoms with E-state index in [1.807, 2.05) is 0 Å². The molecule has 0 radical (unpaired) electrons. The van der Waals surface area contributed by atoms with Gasteiger partial charge in [0.25, 0.3) is 0 Å². The first kappa shape index (κ1) is 36.2. The molecule has 4 aromatic heterocycles. The van der Waals surface area contributed by atoms with Crippen LogP contribution in [0.5, 0.6) is 0 Å². The van der Waals surface area contributed by atoms with Crippen molar-refractivity contribution in [2.75, 3.05) is 30.4 Å². The highest BCUT2D eigenvalue weighted by atomic mass is 16.6. The summed E-state index contributed by atoms with van der Waals surface area (Å²) in [5.74, 6) is 0.943. The molecule has 0 bridgehead atoms. The molecule has 50 heavy (non-hydrogen) atoms. The number of aliphatic hydroxyl groups excluding tert-OH is 6. The van der Waals surface area contributed by atoms with Gasteiger partial charge in [0, 0.05) is 12.6 Å². The summed E-state index contributed by atoms with van der Waals surface area (Å²) in [4.78, 5) is 26.6. The SMILES string of the molecule is CCCCCCCCCCC(CNc1ncnc2c1ncn2[C@@H]1O[C@H](CO)[C@@H](O)[C@H]1O)Nc1ncnc2c1ncn2[C@@H]1O[C@H](CO)[C@@H](O)[C@H]1O. The summed E-state index contributed by atoms with van der Waals surface area (Å²) in [6.07, 6.45) is 6.97.